The van der Waals surface area contributed by atoms with Crippen molar-refractivity contribution < 1.29 is 4.42 Å². The molecule has 2 aromatic rings. The van der Waals surface area contributed by atoms with Crippen LogP contribution in [0.15, 0.2) is 22.6 Å². The van der Waals surface area contributed by atoms with Crippen molar-refractivity contribution in [2.24, 2.45) is 0 Å². The largest absolute Gasteiger partial charge is 0.459 e. The molecule has 0 spiro atoms. The molecule has 0 saturated heterocycles. The number of nitrogens with one attached hydrogen (secondary N) is 1. The van der Waals surface area contributed by atoms with Gasteiger partial charge in [-0.2, -0.15) is 0 Å². The maximum absolute atomic E-state index is 6.14. The van der Waals surface area contributed by atoms with Gasteiger partial charge in [0.2, 0.25) is 0 Å². The van der Waals surface area contributed by atoms with E-state index in [0.29, 0.717) is 5.92 Å². The minimum atomic E-state index is 0.270. The van der Waals surface area contributed by atoms with Crippen molar-refractivity contribution in [3.63, 3.8) is 0 Å². The summed E-state index contributed by atoms with van der Waals surface area (Å²) in [6.45, 7) is 11.9. The highest BCUT2D eigenvalue weighted by Gasteiger charge is 2.15. The van der Waals surface area contributed by atoms with Crippen molar-refractivity contribution in [2.75, 3.05) is 6.54 Å². The van der Waals surface area contributed by atoms with E-state index in [1.807, 2.05) is 0 Å². The first-order chi connectivity index (χ1) is 9.04. The molecule has 2 nitrogen and oxygen atoms in total. The second-order valence-electron chi connectivity index (χ2n) is 5.69. The van der Waals surface area contributed by atoms with E-state index < -0.39 is 0 Å². The van der Waals surface area contributed by atoms with E-state index in [0.717, 1.165) is 24.3 Å². The molecule has 104 valence electrons. The Morgan fingerprint density at radius 1 is 1.21 bits per heavy atom. The van der Waals surface area contributed by atoms with E-state index in [9.17, 15) is 0 Å². The summed E-state index contributed by atoms with van der Waals surface area (Å²) >= 11 is 0. The predicted octanol–water partition coefficient (Wildman–Crippen LogP) is 4.93. The number of aryl methyl sites for hydroxylation is 1. The van der Waals surface area contributed by atoms with Gasteiger partial charge in [-0.25, -0.2) is 0 Å². The number of hydrogen-bond donors (Lipinski definition) is 1. The number of rotatable bonds is 5. The molecule has 1 N–H and O–H groups in total. The lowest BCUT2D eigenvalue weighted by molar-refractivity contribution is 0.450. The van der Waals surface area contributed by atoms with E-state index in [-0.39, 0.29) is 6.04 Å². The molecule has 2 heteroatoms. The molecule has 1 aromatic carbocycles. The van der Waals surface area contributed by atoms with Crippen molar-refractivity contribution in [3.05, 3.63) is 35.1 Å². The van der Waals surface area contributed by atoms with E-state index in [4.69, 9.17) is 4.42 Å². The Balaban J connectivity index is 2.44. The minimum Gasteiger partial charge on any atom is -0.459 e. The van der Waals surface area contributed by atoms with Gasteiger partial charge in [-0.15, -0.1) is 0 Å². The Labute approximate surface area is 116 Å². The standard InChI is InChI=1S/C17H25NO/c1-6-9-18-13(5)16-10-15-12(4)7-8-14(11(2)3)17(15)19-16/h7-8,10-11,13,18H,6,9H2,1-5H3. The second kappa shape index (κ2) is 5.79. The highest BCUT2D eigenvalue weighted by molar-refractivity contribution is 5.85. The van der Waals surface area contributed by atoms with Crippen LogP contribution < -0.4 is 5.32 Å². The lowest BCUT2D eigenvalue weighted by atomic mass is 9.99. The average molecular weight is 259 g/mol. The van der Waals surface area contributed by atoms with E-state index in [1.54, 1.807) is 0 Å². The monoisotopic (exact) mass is 259 g/mol. The molecular weight excluding hydrogens is 234 g/mol. The van der Waals surface area contributed by atoms with Gasteiger partial charge in [-0.3, -0.25) is 0 Å². The fraction of sp³-hybridized carbons (Fsp3) is 0.529. The second-order valence-corrected chi connectivity index (χ2v) is 5.69. The molecule has 0 aliphatic heterocycles. The molecule has 0 aliphatic rings. The molecule has 0 bridgehead atoms. The van der Waals surface area contributed by atoms with Gasteiger partial charge in [0.05, 0.1) is 6.04 Å². The zero-order valence-corrected chi connectivity index (χ0v) is 12.7. The Morgan fingerprint density at radius 2 is 1.95 bits per heavy atom. The predicted molar refractivity (Wildman–Crippen MR) is 81.7 cm³/mol. The van der Waals surface area contributed by atoms with Gasteiger partial charge in [0, 0.05) is 5.39 Å². The fourth-order valence-corrected chi connectivity index (χ4v) is 2.43. The molecule has 19 heavy (non-hydrogen) atoms. The summed E-state index contributed by atoms with van der Waals surface area (Å²) in [5.41, 5.74) is 3.65. The Morgan fingerprint density at radius 3 is 2.58 bits per heavy atom. The van der Waals surface area contributed by atoms with E-state index in [1.165, 1.54) is 16.5 Å². The smallest absolute Gasteiger partial charge is 0.138 e. The first-order valence-corrected chi connectivity index (χ1v) is 7.31. The first kappa shape index (κ1) is 14.1. The molecule has 0 aliphatic carbocycles. The van der Waals surface area contributed by atoms with Gasteiger partial charge < -0.3 is 9.73 Å². The molecule has 1 atom stereocenters. The topological polar surface area (TPSA) is 25.2 Å². The van der Waals surface area contributed by atoms with E-state index in [2.05, 4.69) is 58.1 Å². The summed E-state index contributed by atoms with van der Waals surface area (Å²) in [7, 11) is 0. The maximum Gasteiger partial charge on any atom is 0.138 e. The molecule has 0 radical (unpaired) electrons. The Bertz CT molecular complexity index is 554. The van der Waals surface area contributed by atoms with Gasteiger partial charge >= 0.3 is 0 Å². The van der Waals surface area contributed by atoms with Crippen LogP contribution in [-0.4, -0.2) is 6.54 Å². The van der Waals surface area contributed by atoms with Crippen molar-refractivity contribution in [2.45, 2.75) is 53.0 Å². The summed E-state index contributed by atoms with van der Waals surface area (Å²) in [5, 5.41) is 4.74. The summed E-state index contributed by atoms with van der Waals surface area (Å²) in [4.78, 5) is 0. The molecule has 1 aromatic heterocycles. The summed E-state index contributed by atoms with van der Waals surface area (Å²) in [5.74, 6) is 1.53. The number of benzene rings is 1. The third-order valence-electron chi connectivity index (χ3n) is 3.70. The van der Waals surface area contributed by atoms with Crippen LogP contribution in [-0.2, 0) is 0 Å². The van der Waals surface area contributed by atoms with Crippen LogP contribution in [0.4, 0.5) is 0 Å². The molecule has 1 unspecified atom stereocenters. The number of furan rings is 1. The highest BCUT2D eigenvalue weighted by Crippen LogP contribution is 2.32. The normalized spacial score (nSPS) is 13.4. The quantitative estimate of drug-likeness (QED) is 0.824. The van der Waals surface area contributed by atoms with Crippen molar-refractivity contribution in [3.8, 4) is 0 Å². The van der Waals surface area contributed by atoms with Gasteiger partial charge in [-0.05, 0) is 49.9 Å². The van der Waals surface area contributed by atoms with Crippen LogP contribution in [0.2, 0.25) is 0 Å². The molecule has 2 rings (SSSR count). The van der Waals surface area contributed by atoms with Gasteiger partial charge in [0.1, 0.15) is 11.3 Å². The van der Waals surface area contributed by atoms with Crippen molar-refractivity contribution in [1.29, 1.82) is 0 Å². The summed E-state index contributed by atoms with van der Waals surface area (Å²) in [6, 6.07) is 6.86. The van der Waals surface area contributed by atoms with Gasteiger partial charge in [0.25, 0.3) is 0 Å². The third-order valence-corrected chi connectivity index (χ3v) is 3.70. The maximum atomic E-state index is 6.14. The first-order valence-electron chi connectivity index (χ1n) is 7.31. The minimum absolute atomic E-state index is 0.270. The van der Waals surface area contributed by atoms with Crippen LogP contribution in [0.1, 0.15) is 63.0 Å². The molecular formula is C17H25NO. The Hall–Kier alpha value is -1.28. The van der Waals surface area contributed by atoms with Crippen LogP contribution in [0, 0.1) is 6.92 Å². The van der Waals surface area contributed by atoms with Crippen LogP contribution in [0.3, 0.4) is 0 Å². The summed E-state index contributed by atoms with van der Waals surface area (Å²) < 4.78 is 6.14. The molecule has 1 heterocycles. The lowest BCUT2D eigenvalue weighted by Crippen LogP contribution is -2.18. The van der Waals surface area contributed by atoms with Crippen molar-refractivity contribution >= 4 is 11.0 Å². The zero-order chi connectivity index (χ0) is 14.0. The van der Waals surface area contributed by atoms with Crippen molar-refractivity contribution in [1.82, 2.24) is 5.32 Å². The van der Waals surface area contributed by atoms with Gasteiger partial charge in [0.15, 0.2) is 0 Å². The third kappa shape index (κ3) is 2.84. The highest BCUT2D eigenvalue weighted by atomic mass is 16.3. The molecule has 0 fully saturated rings. The molecule has 0 saturated carbocycles. The van der Waals surface area contributed by atoms with Gasteiger partial charge in [-0.1, -0.05) is 32.9 Å². The van der Waals surface area contributed by atoms with Crippen LogP contribution >= 0.6 is 0 Å². The number of hydrogen-bond acceptors (Lipinski definition) is 2. The van der Waals surface area contributed by atoms with Crippen LogP contribution in [0.25, 0.3) is 11.0 Å². The SMILES string of the molecule is CCCNC(C)c1cc2c(C)ccc(C(C)C)c2o1. The van der Waals surface area contributed by atoms with Crippen LogP contribution in [0.5, 0.6) is 0 Å². The summed E-state index contributed by atoms with van der Waals surface area (Å²) in [6.07, 6.45) is 1.14. The molecule has 0 amide bonds. The zero-order valence-electron chi connectivity index (χ0n) is 12.7. The number of fused-ring (bicyclic) bond motifs is 1. The fourth-order valence-electron chi connectivity index (χ4n) is 2.43. The average Bonchev–Trinajstić information content (AvgIpc) is 2.81. The Kier molecular flexibility index (Phi) is 4.31. The lowest BCUT2D eigenvalue weighted by Gasteiger charge is -2.10. The van der Waals surface area contributed by atoms with E-state index >= 15 is 0 Å².